The Morgan fingerprint density at radius 2 is 1.72 bits per heavy atom. The molecule has 6 N–H and O–H groups in total. The number of nitrogens with one attached hydrogen (secondary N) is 1. The van der Waals surface area contributed by atoms with Crippen molar-refractivity contribution in [2.75, 3.05) is 34.0 Å². The Balaban J connectivity index is 2.33. The first-order valence-electron chi connectivity index (χ1n) is 9.27. The van der Waals surface area contributed by atoms with E-state index in [4.69, 9.17) is 18.9 Å². The maximum absolute atomic E-state index is 11.6. The summed E-state index contributed by atoms with van der Waals surface area (Å²) >= 11 is 1.05. The number of hydrogen-bond donors (Lipinski definition) is 6. The van der Waals surface area contributed by atoms with Gasteiger partial charge in [-0.15, -0.1) is 11.8 Å². The highest BCUT2D eigenvalue weighted by molar-refractivity contribution is 8.01. The molecule has 0 aliphatic carbocycles. The van der Waals surface area contributed by atoms with Gasteiger partial charge in [-0.3, -0.25) is 4.79 Å². The molecule has 0 aromatic heterocycles. The third-order valence-electron chi connectivity index (χ3n) is 5.22. The zero-order valence-corrected chi connectivity index (χ0v) is 17.4. The number of hydrogen-bond acceptors (Lipinski definition) is 11. The molecule has 2 saturated heterocycles. The summed E-state index contributed by atoms with van der Waals surface area (Å²) in [6.45, 7) is 0.540. The van der Waals surface area contributed by atoms with Crippen LogP contribution in [-0.2, 0) is 23.7 Å². The zero-order valence-electron chi connectivity index (χ0n) is 16.6. The molecular weight excluding hydrogens is 410 g/mol. The molecular formula is C17H31NO10S. The Morgan fingerprint density at radius 3 is 2.24 bits per heavy atom. The average molecular weight is 441 g/mol. The predicted molar refractivity (Wildman–Crippen MR) is 101 cm³/mol. The van der Waals surface area contributed by atoms with Crippen LogP contribution in [0.3, 0.4) is 0 Å². The van der Waals surface area contributed by atoms with E-state index in [1.165, 1.54) is 21.1 Å². The van der Waals surface area contributed by atoms with Gasteiger partial charge in [-0.1, -0.05) is 0 Å². The lowest BCUT2D eigenvalue weighted by molar-refractivity contribution is -0.240. The van der Waals surface area contributed by atoms with E-state index in [2.05, 4.69) is 5.32 Å². The second-order valence-electron chi connectivity index (χ2n) is 7.19. The molecule has 12 heteroatoms. The molecule has 2 fully saturated rings. The fourth-order valence-electron chi connectivity index (χ4n) is 3.58. The van der Waals surface area contributed by atoms with Gasteiger partial charge in [0.1, 0.15) is 36.0 Å². The van der Waals surface area contributed by atoms with Gasteiger partial charge < -0.3 is 49.8 Å². The predicted octanol–water partition coefficient (Wildman–Crippen LogP) is -2.84. The quantitative estimate of drug-likeness (QED) is 0.230. The summed E-state index contributed by atoms with van der Waals surface area (Å²) in [5, 5.41) is 52.3. The minimum absolute atomic E-state index is 0.0541. The molecule has 0 spiro atoms. The number of aliphatic hydroxyl groups excluding tert-OH is 5. The van der Waals surface area contributed by atoms with Crippen molar-refractivity contribution >= 4 is 17.7 Å². The van der Waals surface area contributed by atoms with Crippen molar-refractivity contribution < 1.29 is 49.3 Å². The van der Waals surface area contributed by atoms with E-state index in [9.17, 15) is 30.3 Å². The number of carbonyl (C=O) groups is 1. The van der Waals surface area contributed by atoms with Crippen molar-refractivity contribution in [3.8, 4) is 0 Å². The third kappa shape index (κ3) is 5.39. The van der Waals surface area contributed by atoms with E-state index >= 15 is 0 Å². The van der Waals surface area contributed by atoms with Gasteiger partial charge in [0.25, 0.3) is 0 Å². The summed E-state index contributed by atoms with van der Waals surface area (Å²) in [7, 11) is 2.87. The van der Waals surface area contributed by atoms with Crippen LogP contribution in [0.5, 0.6) is 0 Å². The molecule has 0 unspecified atom stereocenters. The van der Waals surface area contributed by atoms with E-state index in [1.54, 1.807) is 0 Å². The molecule has 2 heterocycles. The summed E-state index contributed by atoms with van der Waals surface area (Å²) in [5.41, 5.74) is -1.07. The lowest BCUT2D eigenvalue weighted by Gasteiger charge is -2.50. The first kappa shape index (κ1) is 24.7. The zero-order chi connectivity index (χ0) is 21.8. The van der Waals surface area contributed by atoms with Crippen LogP contribution >= 0.6 is 11.8 Å². The highest BCUT2D eigenvalue weighted by Gasteiger charge is 2.54. The minimum Gasteiger partial charge on any atom is -0.394 e. The number of thioether (sulfide) groups is 1. The Bertz CT molecular complexity index is 540. The van der Waals surface area contributed by atoms with Gasteiger partial charge in [0.15, 0.2) is 6.29 Å². The average Bonchev–Trinajstić information content (AvgIpc) is 2.72. The number of rotatable bonds is 8. The SMILES string of the molecule is CO[C@@H]1O[C@H](CO)[C@@H](OC)C[C@@]1(CNC(C)=O)S[C@@H]1O[C@H](CO)[C@H](O)[C@H](O)[C@H]1O. The largest absolute Gasteiger partial charge is 0.394 e. The fourth-order valence-corrected chi connectivity index (χ4v) is 5.22. The van der Waals surface area contributed by atoms with Gasteiger partial charge >= 0.3 is 0 Å². The third-order valence-corrected chi connectivity index (χ3v) is 6.82. The van der Waals surface area contributed by atoms with Crippen molar-refractivity contribution in [1.82, 2.24) is 5.32 Å². The number of carbonyl (C=O) groups excluding carboxylic acids is 1. The lowest BCUT2D eigenvalue weighted by atomic mass is 9.93. The summed E-state index contributed by atoms with van der Waals surface area (Å²) < 4.78 is 21.4. The van der Waals surface area contributed by atoms with Crippen LogP contribution in [0, 0.1) is 0 Å². The van der Waals surface area contributed by atoms with Gasteiger partial charge in [0.05, 0.1) is 24.1 Å². The Hall–Kier alpha value is -0.540. The molecule has 0 radical (unpaired) electrons. The van der Waals surface area contributed by atoms with Crippen LogP contribution in [0.1, 0.15) is 13.3 Å². The molecule has 2 rings (SSSR count). The van der Waals surface area contributed by atoms with Gasteiger partial charge in [0, 0.05) is 27.7 Å². The molecule has 0 aromatic rings. The maximum atomic E-state index is 11.6. The van der Waals surface area contributed by atoms with Gasteiger partial charge in [-0.25, -0.2) is 0 Å². The molecule has 170 valence electrons. The van der Waals surface area contributed by atoms with E-state index in [1.807, 2.05) is 0 Å². The first-order chi connectivity index (χ1) is 13.7. The van der Waals surface area contributed by atoms with Crippen molar-refractivity contribution in [1.29, 1.82) is 0 Å². The molecule has 29 heavy (non-hydrogen) atoms. The van der Waals surface area contributed by atoms with E-state index in [0.717, 1.165) is 11.8 Å². The second kappa shape index (κ2) is 10.7. The lowest BCUT2D eigenvalue weighted by Crippen LogP contribution is -2.63. The Morgan fingerprint density at radius 1 is 1.07 bits per heavy atom. The molecule has 1 amide bonds. The molecule has 0 aromatic carbocycles. The summed E-state index contributed by atoms with van der Waals surface area (Å²) in [5.74, 6) is -0.299. The van der Waals surface area contributed by atoms with Crippen molar-refractivity contribution in [3.63, 3.8) is 0 Å². The molecule has 2 aliphatic heterocycles. The topological polar surface area (TPSA) is 167 Å². The Kier molecular flexibility index (Phi) is 9.09. The van der Waals surface area contributed by atoms with Crippen LogP contribution in [-0.4, -0.2) is 119 Å². The van der Waals surface area contributed by atoms with Crippen molar-refractivity contribution in [2.45, 2.75) is 66.4 Å². The molecule has 2 aliphatic rings. The molecule has 0 saturated carbocycles. The van der Waals surface area contributed by atoms with E-state index < -0.39 is 59.7 Å². The monoisotopic (exact) mass is 441 g/mol. The molecule has 9 atom stereocenters. The second-order valence-corrected chi connectivity index (χ2v) is 8.71. The summed E-state index contributed by atoms with van der Waals surface area (Å²) in [6, 6.07) is 0. The summed E-state index contributed by atoms with van der Waals surface area (Å²) in [6.07, 6.45) is -7.43. The fraction of sp³-hybridized carbons (Fsp3) is 0.941. The first-order valence-corrected chi connectivity index (χ1v) is 10.2. The molecule has 11 nitrogen and oxygen atoms in total. The van der Waals surface area contributed by atoms with Crippen LogP contribution < -0.4 is 5.32 Å². The van der Waals surface area contributed by atoms with Crippen LogP contribution in [0.4, 0.5) is 0 Å². The van der Waals surface area contributed by atoms with Gasteiger partial charge in [0.2, 0.25) is 5.91 Å². The van der Waals surface area contributed by atoms with Gasteiger partial charge in [-0.05, 0) is 6.42 Å². The van der Waals surface area contributed by atoms with Crippen LogP contribution in [0.15, 0.2) is 0 Å². The minimum atomic E-state index is -1.54. The van der Waals surface area contributed by atoms with E-state index in [-0.39, 0.29) is 25.5 Å². The van der Waals surface area contributed by atoms with Crippen molar-refractivity contribution in [3.05, 3.63) is 0 Å². The smallest absolute Gasteiger partial charge is 0.216 e. The van der Waals surface area contributed by atoms with E-state index in [0.29, 0.717) is 0 Å². The standard InChI is InChI=1S/C17H31NO10S/c1-8(21)18-7-17(4-9(25-2)10(5-19)28-16(17)26-3)29-15-14(24)13(23)12(22)11(6-20)27-15/h9-16,19-20,22-24H,4-7H2,1-3H3,(H,18,21)/t9-,10+,11+,12-,13-,14+,15-,16+,17-/m0/s1. The summed E-state index contributed by atoms with van der Waals surface area (Å²) in [4.78, 5) is 11.6. The van der Waals surface area contributed by atoms with Crippen molar-refractivity contribution in [2.24, 2.45) is 0 Å². The van der Waals surface area contributed by atoms with Crippen LogP contribution in [0.2, 0.25) is 0 Å². The van der Waals surface area contributed by atoms with Crippen LogP contribution in [0.25, 0.3) is 0 Å². The molecule has 0 bridgehead atoms. The normalized spacial score (nSPS) is 43.2. The maximum Gasteiger partial charge on any atom is 0.216 e. The number of methoxy groups -OCH3 is 2. The highest BCUT2D eigenvalue weighted by Crippen LogP contribution is 2.46. The van der Waals surface area contributed by atoms with Gasteiger partial charge in [-0.2, -0.15) is 0 Å². The number of aliphatic hydroxyl groups is 5. The Labute approximate surface area is 173 Å². The number of amides is 1. The number of ether oxygens (including phenoxy) is 4. The highest BCUT2D eigenvalue weighted by atomic mass is 32.2.